The van der Waals surface area contributed by atoms with Crippen molar-refractivity contribution in [2.75, 3.05) is 0 Å². The molecule has 0 aliphatic rings. The summed E-state index contributed by atoms with van der Waals surface area (Å²) in [7, 11) is 0. The molecule has 2 aromatic carbocycles. The highest BCUT2D eigenvalue weighted by Gasteiger charge is 2.18. The molecule has 0 bridgehead atoms. The van der Waals surface area contributed by atoms with Gasteiger partial charge in [-0.15, -0.1) is 0 Å². The van der Waals surface area contributed by atoms with Crippen LogP contribution in [0.25, 0.3) is 28.0 Å². The van der Waals surface area contributed by atoms with Crippen molar-refractivity contribution in [2.24, 2.45) is 5.73 Å². The van der Waals surface area contributed by atoms with Crippen molar-refractivity contribution >= 4 is 28.5 Å². The van der Waals surface area contributed by atoms with Crippen LogP contribution >= 0.6 is 11.6 Å². The van der Waals surface area contributed by atoms with Gasteiger partial charge in [-0.2, -0.15) is 0 Å². The predicted octanol–water partition coefficient (Wildman–Crippen LogP) is 3.44. The highest BCUT2D eigenvalue weighted by atomic mass is 35.5. The van der Waals surface area contributed by atoms with Gasteiger partial charge in [0.25, 0.3) is 0 Å². The molecule has 0 spiro atoms. The quantitative estimate of drug-likeness (QED) is 0.559. The number of hydrogen-bond donors (Lipinski definition) is 1. The minimum Gasteiger partial charge on any atom is -0.368 e. The first-order valence-electron chi connectivity index (χ1n) is 8.78. The van der Waals surface area contributed by atoms with Crippen LogP contribution in [0, 0.1) is 12.7 Å². The lowest BCUT2D eigenvalue weighted by molar-refractivity contribution is -0.118. The van der Waals surface area contributed by atoms with Crippen molar-refractivity contribution in [1.82, 2.24) is 14.1 Å². The second-order valence-corrected chi connectivity index (χ2v) is 7.08. The molecule has 6 nitrogen and oxygen atoms in total. The third-order valence-corrected chi connectivity index (χ3v) is 4.90. The summed E-state index contributed by atoms with van der Waals surface area (Å²) in [6.45, 7) is 1.55. The van der Waals surface area contributed by atoms with Crippen molar-refractivity contribution in [3.05, 3.63) is 81.6 Å². The highest BCUT2D eigenvalue weighted by molar-refractivity contribution is 6.30. The zero-order chi connectivity index (χ0) is 20.7. The van der Waals surface area contributed by atoms with Crippen molar-refractivity contribution in [3.63, 3.8) is 0 Å². The van der Waals surface area contributed by atoms with E-state index in [1.807, 2.05) is 0 Å². The molecular weight excluding hydrogens is 395 g/mol. The van der Waals surface area contributed by atoms with Crippen molar-refractivity contribution in [1.29, 1.82) is 0 Å². The van der Waals surface area contributed by atoms with Crippen LogP contribution in [0.5, 0.6) is 0 Å². The average molecular weight is 411 g/mol. The Morgan fingerprint density at radius 3 is 2.62 bits per heavy atom. The van der Waals surface area contributed by atoms with Crippen LogP contribution in [0.15, 0.2) is 59.5 Å². The van der Waals surface area contributed by atoms with Gasteiger partial charge in [-0.3, -0.25) is 18.9 Å². The van der Waals surface area contributed by atoms with Gasteiger partial charge in [-0.05, 0) is 48.9 Å². The Hall–Kier alpha value is -3.45. The van der Waals surface area contributed by atoms with E-state index in [1.165, 1.54) is 27.3 Å². The summed E-state index contributed by atoms with van der Waals surface area (Å²) >= 11 is 6.01. The second kappa shape index (κ2) is 7.18. The molecule has 0 aliphatic carbocycles. The number of pyridine rings is 1. The Bertz CT molecular complexity index is 1330. The largest absolute Gasteiger partial charge is 0.368 e. The predicted molar refractivity (Wildman–Crippen MR) is 110 cm³/mol. The highest BCUT2D eigenvalue weighted by Crippen LogP contribution is 2.28. The number of imidazole rings is 1. The van der Waals surface area contributed by atoms with Crippen LogP contribution in [-0.2, 0) is 11.3 Å². The van der Waals surface area contributed by atoms with Crippen LogP contribution in [0.4, 0.5) is 4.39 Å². The average Bonchev–Trinajstić information content (AvgIpc) is 2.96. The van der Waals surface area contributed by atoms with Crippen LogP contribution in [0.1, 0.15) is 5.56 Å². The number of para-hydroxylation sites is 2. The molecule has 0 unspecified atom stereocenters. The van der Waals surface area contributed by atoms with Crippen molar-refractivity contribution in [3.8, 4) is 16.9 Å². The van der Waals surface area contributed by atoms with E-state index in [0.717, 1.165) is 0 Å². The van der Waals surface area contributed by atoms with E-state index in [0.29, 0.717) is 33.0 Å². The number of amides is 1. The van der Waals surface area contributed by atoms with E-state index in [2.05, 4.69) is 4.98 Å². The molecule has 2 heterocycles. The third kappa shape index (κ3) is 3.30. The maximum Gasteiger partial charge on any atom is 0.334 e. The lowest BCUT2D eigenvalue weighted by Crippen LogP contribution is -2.29. The number of nitrogens with zero attached hydrogens (tertiary/aromatic N) is 3. The molecule has 29 heavy (non-hydrogen) atoms. The maximum absolute atomic E-state index is 14.3. The number of rotatable bonds is 4. The summed E-state index contributed by atoms with van der Waals surface area (Å²) in [5, 5.41) is 0.376. The Kier molecular flexibility index (Phi) is 4.68. The van der Waals surface area contributed by atoms with Crippen LogP contribution in [0.2, 0.25) is 5.02 Å². The van der Waals surface area contributed by atoms with Crippen LogP contribution < -0.4 is 11.4 Å². The number of hydrogen-bond acceptors (Lipinski definition) is 3. The minimum absolute atomic E-state index is 0.229. The number of halogens is 2. The number of aromatic nitrogens is 3. The van der Waals surface area contributed by atoms with E-state index < -0.39 is 17.4 Å². The molecule has 4 rings (SSSR count). The number of benzene rings is 2. The fourth-order valence-corrected chi connectivity index (χ4v) is 3.52. The van der Waals surface area contributed by atoms with Gasteiger partial charge in [0, 0.05) is 16.8 Å². The molecule has 0 atom stereocenters. The van der Waals surface area contributed by atoms with Gasteiger partial charge >= 0.3 is 5.69 Å². The zero-order valence-corrected chi connectivity index (χ0v) is 16.2. The van der Waals surface area contributed by atoms with Gasteiger partial charge in [0.2, 0.25) is 5.91 Å². The summed E-state index contributed by atoms with van der Waals surface area (Å²) in [6.07, 6.45) is 1.57. The number of aryl methyl sites for hydroxylation is 1. The first-order chi connectivity index (χ1) is 13.9. The molecule has 2 aromatic heterocycles. The smallest absolute Gasteiger partial charge is 0.334 e. The maximum atomic E-state index is 14.3. The Balaban J connectivity index is 2.00. The summed E-state index contributed by atoms with van der Waals surface area (Å²) in [5.41, 5.74) is 7.88. The SMILES string of the molecule is Cc1cnc(-c2cc(Cl)ccc2F)cc1-n1c(=O)n(CC(N)=O)c2ccccc21. The number of fused-ring (bicyclic) bond motifs is 1. The lowest BCUT2D eigenvalue weighted by atomic mass is 10.1. The third-order valence-electron chi connectivity index (χ3n) is 4.67. The van der Waals surface area contributed by atoms with Crippen molar-refractivity contribution in [2.45, 2.75) is 13.5 Å². The number of nitrogens with two attached hydrogens (primary N) is 1. The van der Waals surface area contributed by atoms with E-state index in [9.17, 15) is 14.0 Å². The monoisotopic (exact) mass is 410 g/mol. The van der Waals surface area contributed by atoms with E-state index in [-0.39, 0.29) is 12.1 Å². The Morgan fingerprint density at radius 2 is 1.90 bits per heavy atom. The first kappa shape index (κ1) is 18.9. The van der Waals surface area contributed by atoms with Gasteiger partial charge in [0.05, 0.1) is 22.4 Å². The summed E-state index contributed by atoms with van der Waals surface area (Å²) in [5.74, 6) is -1.09. The van der Waals surface area contributed by atoms with Gasteiger partial charge in [-0.1, -0.05) is 23.7 Å². The van der Waals surface area contributed by atoms with E-state index >= 15 is 0 Å². The molecule has 0 saturated heterocycles. The second-order valence-electron chi connectivity index (χ2n) is 6.64. The molecule has 146 valence electrons. The van der Waals surface area contributed by atoms with Crippen molar-refractivity contribution < 1.29 is 9.18 Å². The van der Waals surface area contributed by atoms with Gasteiger partial charge in [0.15, 0.2) is 0 Å². The Morgan fingerprint density at radius 1 is 1.17 bits per heavy atom. The Labute approximate surface area is 170 Å². The molecule has 0 saturated carbocycles. The molecular formula is C21H16ClFN4O2. The topological polar surface area (TPSA) is 82.9 Å². The fraction of sp³-hybridized carbons (Fsp3) is 0.0952. The fourth-order valence-electron chi connectivity index (χ4n) is 3.34. The lowest BCUT2D eigenvalue weighted by Gasteiger charge is -2.10. The zero-order valence-electron chi connectivity index (χ0n) is 15.4. The summed E-state index contributed by atoms with van der Waals surface area (Å²) in [4.78, 5) is 28.9. The summed E-state index contributed by atoms with van der Waals surface area (Å²) < 4.78 is 17.1. The van der Waals surface area contributed by atoms with Gasteiger partial charge in [-0.25, -0.2) is 9.18 Å². The van der Waals surface area contributed by atoms with E-state index in [1.54, 1.807) is 43.5 Å². The molecule has 4 aromatic rings. The summed E-state index contributed by atoms with van der Waals surface area (Å²) in [6, 6.07) is 12.9. The normalized spacial score (nSPS) is 11.1. The number of primary amides is 1. The molecule has 0 aliphatic heterocycles. The van der Waals surface area contributed by atoms with Crippen LogP contribution in [-0.4, -0.2) is 20.0 Å². The van der Waals surface area contributed by atoms with Gasteiger partial charge < -0.3 is 5.73 Å². The molecule has 1 amide bonds. The molecule has 0 fully saturated rings. The van der Waals surface area contributed by atoms with Gasteiger partial charge in [0.1, 0.15) is 12.4 Å². The number of carbonyl (C=O) groups is 1. The molecule has 8 heteroatoms. The standard InChI is InChI=1S/C21H16ClFN4O2/c1-12-10-25-16(14-8-13(22)6-7-15(14)23)9-19(12)27-18-5-3-2-4-17(18)26(21(27)29)11-20(24)28/h2-10H,11H2,1H3,(H2,24,28). The first-order valence-corrected chi connectivity index (χ1v) is 9.15. The molecule has 0 radical (unpaired) electrons. The number of carbonyl (C=O) groups excluding carboxylic acids is 1. The minimum atomic E-state index is -0.622. The van der Waals surface area contributed by atoms with Crippen LogP contribution in [0.3, 0.4) is 0 Å². The van der Waals surface area contributed by atoms with E-state index in [4.69, 9.17) is 17.3 Å². The molecule has 2 N–H and O–H groups in total.